The fourth-order valence-corrected chi connectivity index (χ4v) is 3.51. The molecule has 0 bridgehead atoms. The zero-order chi connectivity index (χ0) is 17.3. The number of nitrogens with zero attached hydrogens (tertiary/aromatic N) is 2. The van der Waals surface area contributed by atoms with Crippen molar-refractivity contribution in [2.75, 3.05) is 12.8 Å². The van der Waals surface area contributed by atoms with E-state index in [1.54, 1.807) is 12.1 Å². The van der Waals surface area contributed by atoms with Crippen molar-refractivity contribution in [2.24, 2.45) is 0 Å². The summed E-state index contributed by atoms with van der Waals surface area (Å²) < 4.78 is 25.9. The maximum atomic E-state index is 11.8. The van der Waals surface area contributed by atoms with E-state index in [0.717, 1.165) is 24.1 Å². The number of nitriles is 1. The van der Waals surface area contributed by atoms with Gasteiger partial charge in [-0.2, -0.15) is 5.26 Å². The zero-order valence-electron chi connectivity index (χ0n) is 13.3. The second kappa shape index (κ2) is 6.23. The number of aromatic nitrogens is 1. The van der Waals surface area contributed by atoms with Crippen LogP contribution in [0.4, 0.5) is 5.82 Å². The molecular weight excluding hydrogens is 324 g/mol. The number of sulfonamides is 1. The molecule has 0 aliphatic heterocycles. The standard InChI is InChI=1S/C17H18N4O2S/c1-20-24(22,23)13-7-5-11(6-8-13)14-9-16(12-3-2-4-12)21-17(19)15(14)10-18/h5-9,12,20H,2-4H2,1H3,(H2,19,21). The molecule has 0 saturated heterocycles. The molecule has 1 aromatic heterocycles. The summed E-state index contributed by atoms with van der Waals surface area (Å²) in [6.45, 7) is 0. The van der Waals surface area contributed by atoms with Crippen molar-refractivity contribution in [2.45, 2.75) is 30.1 Å². The van der Waals surface area contributed by atoms with Gasteiger partial charge < -0.3 is 5.73 Å². The first-order valence-corrected chi connectivity index (χ1v) is 9.19. The molecule has 124 valence electrons. The van der Waals surface area contributed by atoms with Gasteiger partial charge in [-0.15, -0.1) is 0 Å². The number of hydrogen-bond acceptors (Lipinski definition) is 5. The van der Waals surface area contributed by atoms with E-state index >= 15 is 0 Å². The lowest BCUT2D eigenvalue weighted by molar-refractivity contribution is 0.411. The molecule has 3 N–H and O–H groups in total. The molecule has 1 saturated carbocycles. The van der Waals surface area contributed by atoms with Gasteiger partial charge in [0.1, 0.15) is 17.5 Å². The van der Waals surface area contributed by atoms with Gasteiger partial charge in [-0.3, -0.25) is 0 Å². The molecule has 1 aliphatic rings. The fraction of sp³-hybridized carbons (Fsp3) is 0.294. The van der Waals surface area contributed by atoms with Crippen LogP contribution >= 0.6 is 0 Å². The normalized spacial score (nSPS) is 14.8. The number of pyridine rings is 1. The van der Waals surface area contributed by atoms with E-state index in [1.165, 1.54) is 25.6 Å². The van der Waals surface area contributed by atoms with Gasteiger partial charge in [-0.25, -0.2) is 18.1 Å². The fourth-order valence-electron chi connectivity index (χ4n) is 2.78. The first-order chi connectivity index (χ1) is 11.5. The Hall–Kier alpha value is -2.43. The highest BCUT2D eigenvalue weighted by atomic mass is 32.2. The van der Waals surface area contributed by atoms with Gasteiger partial charge in [0.15, 0.2) is 0 Å². The van der Waals surface area contributed by atoms with Gasteiger partial charge in [0, 0.05) is 17.2 Å². The molecule has 0 radical (unpaired) electrons. The highest BCUT2D eigenvalue weighted by Gasteiger charge is 2.23. The van der Waals surface area contributed by atoms with E-state index in [-0.39, 0.29) is 10.7 Å². The molecule has 0 amide bonds. The minimum absolute atomic E-state index is 0.175. The smallest absolute Gasteiger partial charge is 0.240 e. The van der Waals surface area contributed by atoms with Crippen molar-refractivity contribution < 1.29 is 8.42 Å². The van der Waals surface area contributed by atoms with E-state index in [1.807, 2.05) is 6.07 Å². The SMILES string of the molecule is CNS(=O)(=O)c1ccc(-c2cc(C3CCC3)nc(N)c2C#N)cc1. The first-order valence-electron chi connectivity index (χ1n) is 7.70. The Balaban J connectivity index is 2.08. The van der Waals surface area contributed by atoms with Crippen molar-refractivity contribution in [1.29, 1.82) is 5.26 Å². The number of rotatable bonds is 4. The van der Waals surface area contributed by atoms with Crippen LogP contribution in [0.5, 0.6) is 0 Å². The van der Waals surface area contributed by atoms with Gasteiger partial charge in [-0.05, 0) is 43.7 Å². The van der Waals surface area contributed by atoms with Gasteiger partial charge in [0.25, 0.3) is 0 Å². The summed E-state index contributed by atoms with van der Waals surface area (Å²) >= 11 is 0. The van der Waals surface area contributed by atoms with Crippen LogP contribution in [0.1, 0.15) is 36.4 Å². The molecule has 2 aromatic rings. The van der Waals surface area contributed by atoms with Crippen LogP contribution in [0.25, 0.3) is 11.1 Å². The van der Waals surface area contributed by atoms with Crippen LogP contribution in [0.15, 0.2) is 35.2 Å². The third-order valence-corrected chi connectivity index (χ3v) is 5.88. The van der Waals surface area contributed by atoms with Gasteiger partial charge >= 0.3 is 0 Å². The van der Waals surface area contributed by atoms with Gasteiger partial charge in [-0.1, -0.05) is 18.6 Å². The Morgan fingerprint density at radius 3 is 2.46 bits per heavy atom. The Labute approximate surface area is 141 Å². The number of hydrogen-bond donors (Lipinski definition) is 2. The Morgan fingerprint density at radius 1 is 1.29 bits per heavy atom. The molecular formula is C17H18N4O2S. The monoisotopic (exact) mass is 342 g/mol. The molecule has 1 aliphatic carbocycles. The minimum atomic E-state index is -3.49. The quantitative estimate of drug-likeness (QED) is 0.886. The van der Waals surface area contributed by atoms with E-state index in [9.17, 15) is 13.7 Å². The summed E-state index contributed by atoms with van der Waals surface area (Å²) in [5, 5.41) is 9.41. The van der Waals surface area contributed by atoms with Crippen LogP contribution in [-0.2, 0) is 10.0 Å². The average molecular weight is 342 g/mol. The van der Waals surface area contributed by atoms with E-state index in [0.29, 0.717) is 17.0 Å². The number of nitrogen functional groups attached to an aromatic ring is 1. The van der Waals surface area contributed by atoms with E-state index in [2.05, 4.69) is 15.8 Å². The molecule has 3 rings (SSSR count). The largest absolute Gasteiger partial charge is 0.383 e. The van der Waals surface area contributed by atoms with E-state index < -0.39 is 10.0 Å². The molecule has 1 heterocycles. The molecule has 0 unspecified atom stereocenters. The maximum Gasteiger partial charge on any atom is 0.240 e. The average Bonchev–Trinajstić information content (AvgIpc) is 2.53. The summed E-state index contributed by atoms with van der Waals surface area (Å²) in [7, 11) is -2.12. The Kier molecular flexibility index (Phi) is 4.26. The lowest BCUT2D eigenvalue weighted by atomic mass is 9.81. The molecule has 0 spiro atoms. The predicted molar refractivity (Wildman–Crippen MR) is 91.6 cm³/mol. The van der Waals surface area contributed by atoms with Crippen LogP contribution in [0, 0.1) is 11.3 Å². The third-order valence-electron chi connectivity index (χ3n) is 4.45. The van der Waals surface area contributed by atoms with Crippen molar-refractivity contribution >= 4 is 15.8 Å². The van der Waals surface area contributed by atoms with Crippen LogP contribution in [0.3, 0.4) is 0 Å². The minimum Gasteiger partial charge on any atom is -0.383 e. The molecule has 1 fully saturated rings. The highest BCUT2D eigenvalue weighted by molar-refractivity contribution is 7.89. The summed E-state index contributed by atoms with van der Waals surface area (Å²) in [6, 6.07) is 10.4. The second-order valence-corrected chi connectivity index (χ2v) is 7.71. The summed E-state index contributed by atoms with van der Waals surface area (Å²) in [4.78, 5) is 4.55. The Morgan fingerprint density at radius 2 is 1.96 bits per heavy atom. The predicted octanol–water partition coefficient (Wildman–Crippen LogP) is 2.38. The molecule has 6 nitrogen and oxygen atoms in total. The van der Waals surface area contributed by atoms with Crippen LogP contribution in [-0.4, -0.2) is 20.4 Å². The van der Waals surface area contributed by atoms with Gasteiger partial charge in [0.05, 0.1) is 4.90 Å². The number of nitrogens with two attached hydrogens (primary N) is 1. The van der Waals surface area contributed by atoms with Crippen molar-refractivity contribution in [3.63, 3.8) is 0 Å². The highest BCUT2D eigenvalue weighted by Crippen LogP contribution is 2.38. The van der Waals surface area contributed by atoms with Crippen LogP contribution in [0.2, 0.25) is 0 Å². The number of nitrogens with one attached hydrogen (secondary N) is 1. The maximum absolute atomic E-state index is 11.8. The molecule has 7 heteroatoms. The topological polar surface area (TPSA) is 109 Å². The number of anilines is 1. The summed E-state index contributed by atoms with van der Waals surface area (Å²) in [6.07, 6.45) is 3.34. The van der Waals surface area contributed by atoms with Gasteiger partial charge in [0.2, 0.25) is 10.0 Å². The lowest BCUT2D eigenvalue weighted by Crippen LogP contribution is -2.18. The summed E-state index contributed by atoms with van der Waals surface area (Å²) in [5.41, 5.74) is 8.63. The molecule has 24 heavy (non-hydrogen) atoms. The van der Waals surface area contributed by atoms with Crippen molar-refractivity contribution in [1.82, 2.24) is 9.71 Å². The molecule has 1 aromatic carbocycles. The second-order valence-electron chi connectivity index (χ2n) is 5.83. The Bertz CT molecular complexity index is 911. The number of benzene rings is 1. The molecule has 0 atom stereocenters. The summed E-state index contributed by atoms with van der Waals surface area (Å²) in [5.74, 6) is 0.617. The third kappa shape index (κ3) is 2.86. The van der Waals surface area contributed by atoms with Crippen molar-refractivity contribution in [3.05, 3.63) is 41.6 Å². The van der Waals surface area contributed by atoms with E-state index in [4.69, 9.17) is 5.73 Å². The van der Waals surface area contributed by atoms with Crippen molar-refractivity contribution in [3.8, 4) is 17.2 Å². The van der Waals surface area contributed by atoms with Crippen LogP contribution < -0.4 is 10.5 Å². The zero-order valence-corrected chi connectivity index (χ0v) is 14.1. The lowest BCUT2D eigenvalue weighted by Gasteiger charge is -2.25. The first kappa shape index (κ1) is 16.4.